The molecule has 0 spiro atoms. The second kappa shape index (κ2) is 29.3. The van der Waals surface area contributed by atoms with Crippen molar-refractivity contribution in [3.05, 3.63) is 47.0 Å². The zero-order chi connectivity index (χ0) is 44.2. The Hall–Kier alpha value is -6.00. The zero-order valence-electron chi connectivity index (χ0n) is 33.2. The van der Waals surface area contributed by atoms with Crippen LogP contribution < -0.4 is 4.74 Å². The Balaban J connectivity index is 0.000000890. The van der Waals surface area contributed by atoms with Gasteiger partial charge in [0.2, 0.25) is 0 Å². The number of aromatic hydroxyl groups is 1. The molecule has 21 heteroatoms. The number of hydrogen-bond acceptors (Lipinski definition) is 19. The number of amides is 2. The Kier molecular flexibility index (Phi) is 26.2. The third kappa shape index (κ3) is 20.8. The van der Waals surface area contributed by atoms with Crippen molar-refractivity contribution in [1.82, 2.24) is 5.06 Å². The number of fused-ring (bicyclic) bond motifs is 1. The van der Waals surface area contributed by atoms with Crippen molar-refractivity contribution < 1.29 is 96.4 Å². The lowest BCUT2D eigenvalue weighted by Gasteiger charge is -2.16. The summed E-state index contributed by atoms with van der Waals surface area (Å²) in [6.45, 7) is 4.84. The van der Waals surface area contributed by atoms with Crippen molar-refractivity contribution >= 4 is 58.4 Å². The number of carbonyl (C=O) groups is 8. The molecule has 322 valence electrons. The molecule has 2 amide bonds. The van der Waals surface area contributed by atoms with E-state index in [9.17, 15) is 43.5 Å². The van der Waals surface area contributed by atoms with Crippen molar-refractivity contribution in [3.63, 3.8) is 0 Å². The van der Waals surface area contributed by atoms with E-state index in [1.54, 1.807) is 31.2 Å². The van der Waals surface area contributed by atoms with Crippen LogP contribution in [0, 0.1) is 6.92 Å². The molecular weight excluding hydrogens is 778 g/mol. The molecule has 0 aromatic heterocycles. The number of carbonyl (C=O) groups excluding carboxylic acids is 7. The first-order valence-electron chi connectivity index (χ1n) is 16.9. The molecule has 3 N–H and O–H groups in total. The fourth-order valence-corrected chi connectivity index (χ4v) is 4.08. The van der Waals surface area contributed by atoms with Crippen LogP contribution >= 0.6 is 0 Å². The van der Waals surface area contributed by atoms with Gasteiger partial charge in [0.05, 0.1) is 0 Å². The van der Waals surface area contributed by atoms with Crippen LogP contribution in [-0.2, 0) is 82.8 Å². The number of esters is 4. The third-order valence-corrected chi connectivity index (χ3v) is 6.65. The van der Waals surface area contributed by atoms with E-state index in [1.165, 1.54) is 28.4 Å². The van der Waals surface area contributed by atoms with Crippen LogP contribution in [0.25, 0.3) is 10.8 Å². The summed E-state index contributed by atoms with van der Waals surface area (Å²) >= 11 is 0. The van der Waals surface area contributed by atoms with Gasteiger partial charge in [0, 0.05) is 57.6 Å². The minimum atomic E-state index is -1.21. The van der Waals surface area contributed by atoms with Gasteiger partial charge in [0.25, 0.3) is 11.8 Å². The summed E-state index contributed by atoms with van der Waals surface area (Å²) in [4.78, 5) is 92.7. The predicted molar refractivity (Wildman–Crippen MR) is 196 cm³/mol. The van der Waals surface area contributed by atoms with E-state index in [1.807, 2.05) is 19.9 Å². The van der Waals surface area contributed by atoms with Gasteiger partial charge in [-0.25, -0.2) is 4.79 Å². The highest BCUT2D eigenvalue weighted by Crippen LogP contribution is 2.40. The fourth-order valence-electron chi connectivity index (χ4n) is 4.08. The van der Waals surface area contributed by atoms with E-state index in [2.05, 4.69) is 33.3 Å². The first-order chi connectivity index (χ1) is 27.5. The monoisotopic (exact) mass is 827 g/mol. The van der Waals surface area contributed by atoms with Gasteiger partial charge in [0.15, 0.2) is 20.4 Å². The van der Waals surface area contributed by atoms with Crippen LogP contribution in [0.3, 0.4) is 0 Å². The van der Waals surface area contributed by atoms with Crippen LogP contribution in [0.2, 0.25) is 0 Å². The zero-order valence-corrected chi connectivity index (χ0v) is 33.2. The molecule has 0 saturated carbocycles. The van der Waals surface area contributed by atoms with E-state index in [4.69, 9.17) is 19.7 Å². The number of phenolic OH excluding ortho intramolecular Hbond substituents is 1. The highest BCUT2D eigenvalue weighted by Gasteiger charge is 2.33. The quantitative estimate of drug-likeness (QED) is 0.0391. The Bertz CT molecular complexity index is 1710. The lowest BCUT2D eigenvalue weighted by Crippen LogP contribution is -2.32. The van der Waals surface area contributed by atoms with Gasteiger partial charge >= 0.3 is 35.8 Å². The number of ether oxygens (including phenoxy) is 8. The summed E-state index contributed by atoms with van der Waals surface area (Å²) in [6, 6.07) is 7.12. The normalized spacial score (nSPS) is 11.3. The molecule has 0 atom stereocenters. The van der Waals surface area contributed by atoms with Crippen LogP contribution in [0.5, 0.6) is 11.5 Å². The van der Waals surface area contributed by atoms with E-state index >= 15 is 0 Å². The molecule has 2 aromatic carbocycles. The first-order valence-corrected chi connectivity index (χ1v) is 16.9. The highest BCUT2D eigenvalue weighted by atomic mass is 16.7. The molecule has 1 aliphatic rings. The topological polar surface area (TPSA) is 284 Å². The number of aliphatic hydroxyl groups excluding tert-OH is 1. The summed E-state index contributed by atoms with van der Waals surface area (Å²) in [5.74, 6) is -6.07. The standard InChI is InChI=1S/C21H24O6.C9H11NO7.C5H8O5.C2H6O2/c1-13(2)9-10-15-14(3)21(17-8-6-5-7-16(17)20(15)24)27-19(23)11-18(22)26-12-25-4;1-15-5-16-8(13)4-9(14)17-10-6(11)2-3-7(10)12;1-9-3-10-5(8)2-4(6)7;1-4-2-3/h5-9,24H,10-12H2,1-4H3;2-5H2,1H3;2-3H2,1H3,(H,6,7);3H,2H2,1H3. The SMILES string of the molecule is COCO.COCOC(=O)CC(=O)O.COCOC(=O)CC(=O)ON1C(=O)CCC1=O.COCOC(=O)CC(=O)Oc1c(C)c(CC=C(C)C)c(O)c2ccccc12. The average Bonchev–Trinajstić information content (AvgIpc) is 3.49. The Morgan fingerprint density at radius 1 is 0.707 bits per heavy atom. The Labute approximate surface area is 333 Å². The smallest absolute Gasteiger partial charge is 0.344 e. The van der Waals surface area contributed by atoms with Gasteiger partial charge in [-0.05, 0) is 32.8 Å². The average molecular weight is 828 g/mol. The molecule has 58 heavy (non-hydrogen) atoms. The number of hydroxylamine groups is 2. The molecule has 3 rings (SSSR count). The maximum atomic E-state index is 12.2. The number of carboxylic acids is 1. The highest BCUT2D eigenvalue weighted by molar-refractivity contribution is 6.02. The number of benzene rings is 2. The number of methoxy groups -OCH3 is 4. The number of rotatable bonds is 17. The number of carboxylic acid groups (broad SMARTS) is 1. The van der Waals surface area contributed by atoms with Crippen molar-refractivity contribution in [2.75, 3.05) is 55.6 Å². The molecule has 0 bridgehead atoms. The maximum absolute atomic E-state index is 12.2. The molecule has 2 aromatic rings. The number of allylic oxidation sites excluding steroid dienone is 2. The fraction of sp³-hybridized carbons (Fsp3) is 0.459. The second-order valence-corrected chi connectivity index (χ2v) is 11.4. The number of aliphatic hydroxyl groups is 1. The number of phenols is 1. The van der Waals surface area contributed by atoms with Crippen LogP contribution in [0.15, 0.2) is 35.9 Å². The van der Waals surface area contributed by atoms with Gasteiger partial charge in [-0.1, -0.05) is 35.9 Å². The van der Waals surface area contributed by atoms with Gasteiger partial charge in [0.1, 0.15) is 37.6 Å². The molecule has 21 nitrogen and oxygen atoms in total. The summed E-state index contributed by atoms with van der Waals surface area (Å²) < 4.78 is 36.4. The number of hydrogen-bond donors (Lipinski definition) is 3. The number of imide groups is 1. The van der Waals surface area contributed by atoms with Crippen LogP contribution in [0.1, 0.15) is 57.1 Å². The summed E-state index contributed by atoms with van der Waals surface area (Å²) in [7, 11) is 5.47. The molecule has 0 radical (unpaired) electrons. The van der Waals surface area contributed by atoms with Crippen molar-refractivity contribution in [3.8, 4) is 11.5 Å². The minimum Gasteiger partial charge on any atom is -0.507 e. The molecule has 0 unspecified atom stereocenters. The van der Waals surface area contributed by atoms with Gasteiger partial charge in [-0.2, -0.15) is 0 Å². The van der Waals surface area contributed by atoms with E-state index in [0.717, 1.165) is 5.57 Å². The van der Waals surface area contributed by atoms with Crippen LogP contribution in [0.4, 0.5) is 0 Å². The molecule has 1 fully saturated rings. The lowest BCUT2D eigenvalue weighted by atomic mass is 9.96. The van der Waals surface area contributed by atoms with E-state index in [-0.39, 0.29) is 45.8 Å². The lowest BCUT2D eigenvalue weighted by molar-refractivity contribution is -0.199. The third-order valence-electron chi connectivity index (χ3n) is 6.65. The molecule has 1 saturated heterocycles. The van der Waals surface area contributed by atoms with Crippen molar-refractivity contribution in [2.45, 2.75) is 59.3 Å². The van der Waals surface area contributed by atoms with Crippen LogP contribution in [-0.4, -0.2) is 124 Å². The van der Waals surface area contributed by atoms with E-state index in [0.29, 0.717) is 39.1 Å². The summed E-state index contributed by atoms with van der Waals surface area (Å²) in [5.41, 5.74) is 2.45. The predicted octanol–water partition coefficient (Wildman–Crippen LogP) is 2.13. The second-order valence-electron chi connectivity index (χ2n) is 11.4. The Morgan fingerprint density at radius 2 is 1.16 bits per heavy atom. The van der Waals surface area contributed by atoms with Gasteiger partial charge in [-0.3, -0.25) is 33.6 Å². The number of nitrogens with zero attached hydrogens (tertiary/aromatic N) is 1. The van der Waals surface area contributed by atoms with E-state index < -0.39 is 66.9 Å². The van der Waals surface area contributed by atoms with Gasteiger partial charge in [-0.15, -0.1) is 5.06 Å². The van der Waals surface area contributed by atoms with Crippen molar-refractivity contribution in [2.24, 2.45) is 0 Å². The van der Waals surface area contributed by atoms with Crippen molar-refractivity contribution in [1.29, 1.82) is 0 Å². The number of aliphatic carboxylic acids is 1. The minimum absolute atomic E-state index is 0.000233. The molecular formula is C37H49NO20. The maximum Gasteiger partial charge on any atom is 0.344 e. The van der Waals surface area contributed by atoms with Gasteiger partial charge < -0.3 is 58.1 Å². The largest absolute Gasteiger partial charge is 0.507 e. The molecule has 1 heterocycles. The summed E-state index contributed by atoms with van der Waals surface area (Å²) in [5, 5.41) is 27.9. The Morgan fingerprint density at radius 3 is 1.59 bits per heavy atom. The molecule has 1 aliphatic heterocycles. The summed E-state index contributed by atoms with van der Waals surface area (Å²) in [6.07, 6.45) is 0.654. The molecule has 0 aliphatic carbocycles. The first kappa shape index (κ1) is 52.0.